The average Bonchev–Trinajstić information content (AvgIpc) is 2.74. The highest BCUT2D eigenvalue weighted by atomic mass is 35.5. The smallest absolute Gasteiger partial charge is 0.329 e. The molecule has 2 aromatic carbocycles. The molecule has 0 spiro atoms. The van der Waals surface area contributed by atoms with Crippen LogP contribution in [0.4, 0.5) is 0 Å². The zero-order valence-electron chi connectivity index (χ0n) is 16.4. The molecule has 1 saturated heterocycles. The summed E-state index contributed by atoms with van der Waals surface area (Å²) in [5.41, 5.74) is 2.54. The maximum absolute atomic E-state index is 10.4. The first-order valence-corrected chi connectivity index (χ1v) is 10.2. The Morgan fingerprint density at radius 1 is 1.00 bits per heavy atom. The van der Waals surface area contributed by atoms with Gasteiger partial charge in [0.1, 0.15) is 6.61 Å². The fourth-order valence-corrected chi connectivity index (χ4v) is 3.73. The highest BCUT2D eigenvalue weighted by Crippen LogP contribution is 2.30. The molecule has 0 aliphatic carbocycles. The van der Waals surface area contributed by atoms with E-state index >= 15 is 0 Å². The largest absolute Gasteiger partial charge is 0.480 e. The molecule has 0 saturated carbocycles. The van der Waals surface area contributed by atoms with Crippen LogP contribution < -0.4 is 0 Å². The monoisotopic (exact) mass is 414 g/mol. The van der Waals surface area contributed by atoms with Gasteiger partial charge in [-0.3, -0.25) is 9.80 Å². The second kappa shape index (κ2) is 11.1. The molecule has 29 heavy (non-hydrogen) atoms. The third-order valence-corrected chi connectivity index (χ3v) is 5.29. The Morgan fingerprint density at radius 2 is 1.66 bits per heavy atom. The van der Waals surface area contributed by atoms with Crippen LogP contribution in [0.5, 0.6) is 0 Å². The van der Waals surface area contributed by atoms with E-state index in [4.69, 9.17) is 21.4 Å². The lowest BCUT2D eigenvalue weighted by molar-refractivity contribution is -0.141. The molecule has 3 rings (SSSR count). The number of aliphatic carboxylic acids is 1. The summed E-state index contributed by atoms with van der Waals surface area (Å²) in [7, 11) is 0. The van der Waals surface area contributed by atoms with Crippen LogP contribution in [-0.2, 0) is 9.53 Å². The van der Waals surface area contributed by atoms with Gasteiger partial charge in [-0.25, -0.2) is 4.79 Å². The van der Waals surface area contributed by atoms with E-state index in [1.807, 2.05) is 30.4 Å². The molecule has 1 atom stereocenters. The van der Waals surface area contributed by atoms with E-state index in [1.165, 1.54) is 11.1 Å². The van der Waals surface area contributed by atoms with E-state index in [2.05, 4.69) is 46.2 Å². The molecular weight excluding hydrogens is 388 g/mol. The summed E-state index contributed by atoms with van der Waals surface area (Å²) in [6.07, 6.45) is 3.93. The van der Waals surface area contributed by atoms with Crippen molar-refractivity contribution in [3.63, 3.8) is 0 Å². The van der Waals surface area contributed by atoms with Crippen molar-refractivity contribution in [3.05, 3.63) is 82.9 Å². The first-order chi connectivity index (χ1) is 14.1. The average molecular weight is 415 g/mol. The number of carbonyl (C=O) groups is 1. The molecule has 154 valence electrons. The number of hydrogen-bond donors (Lipinski definition) is 1. The van der Waals surface area contributed by atoms with Gasteiger partial charge in [-0.1, -0.05) is 66.2 Å². The highest BCUT2D eigenvalue weighted by molar-refractivity contribution is 6.30. The molecular formula is C23H27ClN2O3. The highest BCUT2D eigenvalue weighted by Gasteiger charge is 2.25. The Hall–Kier alpha value is -2.18. The Balaban J connectivity index is 1.57. The van der Waals surface area contributed by atoms with Gasteiger partial charge >= 0.3 is 5.97 Å². The summed E-state index contributed by atoms with van der Waals surface area (Å²) in [6, 6.07) is 19.0. The molecule has 0 radical (unpaired) electrons. The number of halogens is 1. The van der Waals surface area contributed by atoms with Crippen molar-refractivity contribution >= 4 is 17.6 Å². The minimum atomic E-state index is -0.942. The maximum Gasteiger partial charge on any atom is 0.329 e. The Labute approximate surface area is 177 Å². The molecule has 5 nitrogen and oxygen atoms in total. The number of hydrogen-bond acceptors (Lipinski definition) is 4. The predicted molar refractivity (Wildman–Crippen MR) is 115 cm³/mol. The van der Waals surface area contributed by atoms with Crippen LogP contribution >= 0.6 is 11.6 Å². The summed E-state index contributed by atoms with van der Waals surface area (Å²) in [6.45, 7) is 4.85. The second-order valence-corrected chi connectivity index (χ2v) is 7.52. The van der Waals surface area contributed by atoms with Crippen molar-refractivity contribution in [2.75, 3.05) is 45.9 Å². The molecule has 1 N–H and O–H groups in total. The molecule has 1 aliphatic rings. The molecule has 0 amide bonds. The van der Waals surface area contributed by atoms with Crippen molar-refractivity contribution in [1.82, 2.24) is 9.80 Å². The predicted octanol–water partition coefficient (Wildman–Crippen LogP) is 3.70. The zero-order valence-corrected chi connectivity index (χ0v) is 17.2. The maximum atomic E-state index is 10.4. The van der Waals surface area contributed by atoms with Crippen LogP contribution in [0.2, 0.25) is 5.02 Å². The van der Waals surface area contributed by atoms with Crippen molar-refractivity contribution in [2.24, 2.45) is 0 Å². The van der Waals surface area contributed by atoms with E-state index in [9.17, 15) is 4.79 Å². The van der Waals surface area contributed by atoms with Crippen LogP contribution in [0.15, 0.2) is 66.7 Å². The minimum absolute atomic E-state index is 0.218. The van der Waals surface area contributed by atoms with Gasteiger partial charge in [0.2, 0.25) is 0 Å². The number of piperazine rings is 1. The summed E-state index contributed by atoms with van der Waals surface area (Å²) in [4.78, 5) is 15.3. The fraction of sp³-hybridized carbons (Fsp3) is 0.348. The van der Waals surface area contributed by atoms with Crippen molar-refractivity contribution in [1.29, 1.82) is 0 Å². The molecule has 6 heteroatoms. The van der Waals surface area contributed by atoms with E-state index in [0.717, 1.165) is 37.7 Å². The zero-order chi connectivity index (χ0) is 20.5. The lowest BCUT2D eigenvalue weighted by Gasteiger charge is -2.39. The molecule has 1 unspecified atom stereocenters. The summed E-state index contributed by atoms with van der Waals surface area (Å²) >= 11 is 6.10. The van der Waals surface area contributed by atoms with Crippen LogP contribution in [-0.4, -0.2) is 66.8 Å². The van der Waals surface area contributed by atoms with Crippen LogP contribution in [0.3, 0.4) is 0 Å². The summed E-state index contributed by atoms with van der Waals surface area (Å²) < 4.78 is 5.02. The Kier molecular flexibility index (Phi) is 8.25. The number of ether oxygens (including phenoxy) is 1. The topological polar surface area (TPSA) is 53.0 Å². The summed E-state index contributed by atoms with van der Waals surface area (Å²) in [5.74, 6) is -0.942. The van der Waals surface area contributed by atoms with Gasteiger partial charge in [0, 0.05) is 37.7 Å². The van der Waals surface area contributed by atoms with Gasteiger partial charge in [0.05, 0.1) is 12.6 Å². The number of carboxylic acid groups (broad SMARTS) is 1. The number of carboxylic acids is 1. The number of rotatable bonds is 9. The first-order valence-electron chi connectivity index (χ1n) is 9.85. The SMILES string of the molecule is O=C(O)COCC=CCN1CCN(C(c2ccccc2)c2ccc(Cl)cc2)CC1. The van der Waals surface area contributed by atoms with Gasteiger partial charge in [0.15, 0.2) is 0 Å². The van der Waals surface area contributed by atoms with Crippen LogP contribution in [0.1, 0.15) is 17.2 Å². The van der Waals surface area contributed by atoms with E-state index < -0.39 is 5.97 Å². The first kappa shape index (κ1) is 21.5. The van der Waals surface area contributed by atoms with E-state index in [-0.39, 0.29) is 12.6 Å². The third-order valence-electron chi connectivity index (χ3n) is 5.04. The van der Waals surface area contributed by atoms with Crippen LogP contribution in [0, 0.1) is 0 Å². The standard InChI is InChI=1S/C23H27ClN2O3/c24-21-10-8-20(9-11-21)23(19-6-2-1-3-7-19)26-15-13-25(14-16-26)12-4-5-17-29-18-22(27)28/h1-11,23H,12-18H2,(H,27,28). The van der Waals surface area contributed by atoms with Gasteiger partial charge in [0.25, 0.3) is 0 Å². The second-order valence-electron chi connectivity index (χ2n) is 7.08. The normalized spacial score (nSPS) is 16.9. The van der Waals surface area contributed by atoms with Crippen molar-refractivity contribution in [2.45, 2.75) is 6.04 Å². The van der Waals surface area contributed by atoms with E-state index in [0.29, 0.717) is 6.61 Å². The lowest BCUT2D eigenvalue weighted by atomic mass is 9.96. The van der Waals surface area contributed by atoms with Gasteiger partial charge in [-0.2, -0.15) is 0 Å². The van der Waals surface area contributed by atoms with Gasteiger partial charge in [-0.15, -0.1) is 0 Å². The molecule has 0 bridgehead atoms. The molecule has 2 aromatic rings. The molecule has 0 aromatic heterocycles. The van der Waals surface area contributed by atoms with Gasteiger partial charge < -0.3 is 9.84 Å². The van der Waals surface area contributed by atoms with Gasteiger partial charge in [-0.05, 0) is 23.3 Å². The number of nitrogens with zero attached hydrogens (tertiary/aromatic N) is 2. The third kappa shape index (κ3) is 6.68. The molecule has 1 fully saturated rings. The molecule has 1 aliphatic heterocycles. The quantitative estimate of drug-likeness (QED) is 0.500. The molecule has 1 heterocycles. The number of benzene rings is 2. The summed E-state index contributed by atoms with van der Waals surface area (Å²) in [5, 5.41) is 9.31. The van der Waals surface area contributed by atoms with Crippen molar-refractivity contribution < 1.29 is 14.6 Å². The fourth-order valence-electron chi connectivity index (χ4n) is 3.60. The Morgan fingerprint density at radius 3 is 2.31 bits per heavy atom. The minimum Gasteiger partial charge on any atom is -0.480 e. The van der Waals surface area contributed by atoms with E-state index in [1.54, 1.807) is 0 Å². The lowest BCUT2D eigenvalue weighted by Crippen LogP contribution is -2.47. The van der Waals surface area contributed by atoms with Crippen molar-refractivity contribution in [3.8, 4) is 0 Å². The van der Waals surface area contributed by atoms with Crippen LogP contribution in [0.25, 0.3) is 0 Å². The Bertz CT molecular complexity index is 788.